The summed E-state index contributed by atoms with van der Waals surface area (Å²) >= 11 is 1.62. The minimum atomic E-state index is -0.550. The highest BCUT2D eigenvalue weighted by molar-refractivity contribution is 7.07. The second-order valence-electron chi connectivity index (χ2n) is 3.65. The van der Waals surface area contributed by atoms with Crippen molar-refractivity contribution in [3.8, 4) is 5.88 Å². The SMILES string of the molecule is COc1ncnc(NCCc2ccsc2)c1[N+](=O)[O-]. The van der Waals surface area contributed by atoms with Crippen LogP contribution in [-0.2, 0) is 6.42 Å². The molecule has 0 saturated carbocycles. The zero-order chi connectivity index (χ0) is 13.7. The monoisotopic (exact) mass is 280 g/mol. The highest BCUT2D eigenvalue weighted by Crippen LogP contribution is 2.30. The summed E-state index contributed by atoms with van der Waals surface area (Å²) in [5, 5.41) is 18.0. The van der Waals surface area contributed by atoms with E-state index in [4.69, 9.17) is 4.74 Å². The van der Waals surface area contributed by atoms with E-state index in [0.29, 0.717) is 6.54 Å². The molecule has 19 heavy (non-hydrogen) atoms. The van der Waals surface area contributed by atoms with Gasteiger partial charge < -0.3 is 10.1 Å². The number of nitrogens with one attached hydrogen (secondary N) is 1. The van der Waals surface area contributed by atoms with Gasteiger partial charge in [-0.05, 0) is 28.8 Å². The van der Waals surface area contributed by atoms with Crippen LogP contribution in [0, 0.1) is 10.1 Å². The number of thiophene rings is 1. The summed E-state index contributed by atoms with van der Waals surface area (Å²) in [6.07, 6.45) is 2.01. The molecule has 2 heterocycles. The Hall–Kier alpha value is -2.22. The molecule has 100 valence electrons. The van der Waals surface area contributed by atoms with Crippen LogP contribution in [0.5, 0.6) is 5.88 Å². The average molecular weight is 280 g/mol. The van der Waals surface area contributed by atoms with E-state index < -0.39 is 4.92 Å². The minimum absolute atomic E-state index is 0.0435. The van der Waals surface area contributed by atoms with Gasteiger partial charge in [0.05, 0.1) is 12.0 Å². The standard InChI is InChI=1S/C11H12N4O3S/c1-18-11-9(15(16)17)10(13-7-14-11)12-4-2-8-3-5-19-6-8/h3,5-7H,2,4H2,1H3,(H,12,13,14). The Labute approximate surface area is 113 Å². The summed E-state index contributed by atoms with van der Waals surface area (Å²) in [5.41, 5.74) is 0.941. The maximum Gasteiger partial charge on any atom is 0.372 e. The number of hydrogen-bond acceptors (Lipinski definition) is 7. The lowest BCUT2D eigenvalue weighted by molar-refractivity contribution is -0.385. The van der Waals surface area contributed by atoms with Gasteiger partial charge in [-0.1, -0.05) is 0 Å². The summed E-state index contributed by atoms with van der Waals surface area (Å²) in [7, 11) is 1.34. The van der Waals surface area contributed by atoms with Crippen LogP contribution in [0.1, 0.15) is 5.56 Å². The van der Waals surface area contributed by atoms with Crippen LogP contribution >= 0.6 is 11.3 Å². The second-order valence-corrected chi connectivity index (χ2v) is 4.43. The first-order chi connectivity index (χ1) is 9.22. The van der Waals surface area contributed by atoms with Crippen molar-refractivity contribution in [1.29, 1.82) is 0 Å². The molecular weight excluding hydrogens is 268 g/mol. The second kappa shape index (κ2) is 6.10. The van der Waals surface area contributed by atoms with E-state index in [-0.39, 0.29) is 17.4 Å². The van der Waals surface area contributed by atoms with E-state index in [1.54, 1.807) is 11.3 Å². The van der Waals surface area contributed by atoms with Crippen LogP contribution in [-0.4, -0.2) is 28.5 Å². The van der Waals surface area contributed by atoms with Crippen molar-refractivity contribution in [3.63, 3.8) is 0 Å². The van der Waals surface area contributed by atoms with E-state index in [2.05, 4.69) is 15.3 Å². The molecule has 2 aromatic heterocycles. The van der Waals surface area contributed by atoms with Crippen molar-refractivity contribution >= 4 is 22.8 Å². The van der Waals surface area contributed by atoms with Gasteiger partial charge in [0.15, 0.2) is 0 Å². The molecule has 7 nitrogen and oxygen atoms in total. The van der Waals surface area contributed by atoms with Crippen molar-refractivity contribution in [2.24, 2.45) is 0 Å². The maximum absolute atomic E-state index is 11.0. The molecule has 0 spiro atoms. The number of rotatable bonds is 6. The van der Waals surface area contributed by atoms with Crippen molar-refractivity contribution in [3.05, 3.63) is 38.8 Å². The van der Waals surface area contributed by atoms with Crippen molar-refractivity contribution < 1.29 is 9.66 Å². The zero-order valence-corrected chi connectivity index (χ0v) is 11.0. The third-order valence-corrected chi connectivity index (χ3v) is 3.18. The fourth-order valence-electron chi connectivity index (χ4n) is 1.57. The van der Waals surface area contributed by atoms with Crippen LogP contribution in [0.3, 0.4) is 0 Å². The molecule has 0 atom stereocenters. The molecule has 0 radical (unpaired) electrons. The van der Waals surface area contributed by atoms with Crippen LogP contribution in [0.25, 0.3) is 0 Å². The van der Waals surface area contributed by atoms with Gasteiger partial charge in [-0.25, -0.2) is 4.98 Å². The van der Waals surface area contributed by atoms with Gasteiger partial charge in [0.2, 0.25) is 5.82 Å². The summed E-state index contributed by atoms with van der Waals surface area (Å²) in [6.45, 7) is 0.553. The Balaban J connectivity index is 2.09. The molecule has 0 aliphatic rings. The van der Waals surface area contributed by atoms with Gasteiger partial charge >= 0.3 is 5.69 Å². The lowest BCUT2D eigenvalue weighted by atomic mass is 10.2. The van der Waals surface area contributed by atoms with Crippen LogP contribution < -0.4 is 10.1 Å². The summed E-state index contributed by atoms with van der Waals surface area (Å²) < 4.78 is 4.87. The number of ether oxygens (including phenoxy) is 1. The van der Waals surface area contributed by atoms with Gasteiger partial charge in [-0.2, -0.15) is 16.3 Å². The molecule has 0 aliphatic heterocycles. The quantitative estimate of drug-likeness (QED) is 0.643. The number of methoxy groups -OCH3 is 1. The third-order valence-electron chi connectivity index (χ3n) is 2.45. The number of nitrogens with zero attached hydrogens (tertiary/aromatic N) is 3. The average Bonchev–Trinajstić information content (AvgIpc) is 2.91. The van der Waals surface area contributed by atoms with Crippen LogP contribution in [0.15, 0.2) is 23.2 Å². The zero-order valence-electron chi connectivity index (χ0n) is 10.2. The molecule has 0 fully saturated rings. The minimum Gasteiger partial charge on any atom is -0.476 e. The van der Waals surface area contributed by atoms with Gasteiger partial charge in [0.1, 0.15) is 6.33 Å². The third kappa shape index (κ3) is 3.16. The Morgan fingerprint density at radius 1 is 1.53 bits per heavy atom. The molecular formula is C11H12N4O3S. The molecule has 0 amide bonds. The predicted molar refractivity (Wildman–Crippen MR) is 71.8 cm³/mol. The number of nitro groups is 1. The highest BCUT2D eigenvalue weighted by atomic mass is 32.1. The Morgan fingerprint density at radius 3 is 3.00 bits per heavy atom. The lowest BCUT2D eigenvalue weighted by Gasteiger charge is -2.07. The van der Waals surface area contributed by atoms with E-state index in [9.17, 15) is 10.1 Å². The fraction of sp³-hybridized carbons (Fsp3) is 0.273. The number of hydrogen-bond donors (Lipinski definition) is 1. The van der Waals surface area contributed by atoms with E-state index >= 15 is 0 Å². The van der Waals surface area contributed by atoms with E-state index in [1.807, 2.05) is 16.8 Å². The normalized spacial score (nSPS) is 10.2. The maximum atomic E-state index is 11.0. The molecule has 2 aromatic rings. The highest BCUT2D eigenvalue weighted by Gasteiger charge is 2.23. The lowest BCUT2D eigenvalue weighted by Crippen LogP contribution is -2.09. The number of aromatic nitrogens is 2. The van der Waals surface area contributed by atoms with Gasteiger partial charge in [0.25, 0.3) is 5.88 Å². The first-order valence-corrected chi connectivity index (χ1v) is 6.45. The van der Waals surface area contributed by atoms with Crippen molar-refractivity contribution in [1.82, 2.24) is 9.97 Å². The molecule has 8 heteroatoms. The summed E-state index contributed by atoms with van der Waals surface area (Å²) in [6, 6.07) is 2.02. The molecule has 1 N–H and O–H groups in total. The largest absolute Gasteiger partial charge is 0.476 e. The number of anilines is 1. The van der Waals surface area contributed by atoms with E-state index in [0.717, 1.165) is 6.42 Å². The molecule has 0 aliphatic carbocycles. The van der Waals surface area contributed by atoms with Crippen LogP contribution in [0.2, 0.25) is 0 Å². The smallest absolute Gasteiger partial charge is 0.372 e. The Kier molecular flexibility index (Phi) is 4.24. The van der Waals surface area contributed by atoms with Gasteiger partial charge in [-0.3, -0.25) is 10.1 Å². The topological polar surface area (TPSA) is 90.2 Å². The molecule has 0 aromatic carbocycles. The first kappa shape index (κ1) is 13.2. The fourth-order valence-corrected chi connectivity index (χ4v) is 2.27. The first-order valence-electron chi connectivity index (χ1n) is 5.50. The molecule has 0 unspecified atom stereocenters. The summed E-state index contributed by atoms with van der Waals surface area (Å²) in [5.74, 6) is 0.130. The predicted octanol–water partition coefficient (Wildman–Crippen LogP) is 2.11. The van der Waals surface area contributed by atoms with Crippen molar-refractivity contribution in [2.75, 3.05) is 19.0 Å². The van der Waals surface area contributed by atoms with Crippen LogP contribution in [0.4, 0.5) is 11.5 Å². The van der Waals surface area contributed by atoms with Crippen molar-refractivity contribution in [2.45, 2.75) is 6.42 Å². The molecule has 0 bridgehead atoms. The molecule has 2 rings (SSSR count). The van der Waals surface area contributed by atoms with Gasteiger partial charge in [-0.15, -0.1) is 0 Å². The molecule has 0 saturated heterocycles. The van der Waals surface area contributed by atoms with E-state index in [1.165, 1.54) is 19.0 Å². The summed E-state index contributed by atoms with van der Waals surface area (Å²) in [4.78, 5) is 18.1. The Bertz CT molecular complexity index is 559. The van der Waals surface area contributed by atoms with Gasteiger partial charge in [0, 0.05) is 6.54 Å². The Morgan fingerprint density at radius 2 is 2.37 bits per heavy atom.